The zero-order valence-electron chi connectivity index (χ0n) is 13.7. The van der Waals surface area contributed by atoms with Gasteiger partial charge in [-0.05, 0) is 43.7 Å². The van der Waals surface area contributed by atoms with Crippen LogP contribution in [-0.2, 0) is 6.42 Å². The number of rotatable bonds is 6. The Labute approximate surface area is 150 Å². The minimum atomic E-state index is 0.201. The zero-order valence-corrected chi connectivity index (χ0v) is 15.3. The molecule has 1 aromatic heterocycles. The first-order valence-corrected chi connectivity index (χ1v) is 9.56. The topological polar surface area (TPSA) is 37.6 Å². The summed E-state index contributed by atoms with van der Waals surface area (Å²) in [5.74, 6) is 0. The van der Waals surface area contributed by atoms with E-state index in [0.29, 0.717) is 0 Å². The van der Waals surface area contributed by atoms with E-state index in [-0.39, 0.29) is 6.04 Å². The van der Waals surface area contributed by atoms with Crippen LogP contribution in [0.15, 0.2) is 80.0 Å². The Morgan fingerprint density at radius 2 is 1.71 bits per heavy atom. The Bertz CT molecular complexity index is 793. The molecule has 0 unspecified atom stereocenters. The van der Waals surface area contributed by atoms with E-state index >= 15 is 0 Å². The summed E-state index contributed by atoms with van der Waals surface area (Å²) in [5.41, 5.74) is 2.30. The van der Waals surface area contributed by atoms with Crippen LogP contribution < -0.4 is 0 Å². The number of hydrogen-bond donors (Lipinski definition) is 0. The average Bonchev–Trinajstić information content (AvgIpc) is 3.03. The number of benzene rings is 2. The fraction of sp³-hybridized carbons (Fsp3) is 0.211. The van der Waals surface area contributed by atoms with Gasteiger partial charge in [-0.2, -0.15) is 5.11 Å². The summed E-state index contributed by atoms with van der Waals surface area (Å²) in [6.07, 6.45) is 0.823. The highest BCUT2D eigenvalue weighted by Crippen LogP contribution is 2.28. The molecule has 0 aliphatic carbocycles. The monoisotopic (exact) mass is 353 g/mol. The smallest absolute Gasteiger partial charge is 0.222 e. The molecule has 0 N–H and O–H groups in total. The molecule has 2 aromatic carbocycles. The van der Waals surface area contributed by atoms with Crippen molar-refractivity contribution in [3.8, 4) is 0 Å². The molecule has 0 saturated heterocycles. The van der Waals surface area contributed by atoms with Crippen molar-refractivity contribution in [1.82, 2.24) is 4.98 Å². The Hall–Kier alpha value is -1.98. The van der Waals surface area contributed by atoms with Gasteiger partial charge < -0.3 is 0 Å². The number of azo groups is 1. The average molecular weight is 354 g/mol. The number of thiazole rings is 1. The summed E-state index contributed by atoms with van der Waals surface area (Å²) in [4.78, 5) is 7.02. The van der Waals surface area contributed by atoms with Gasteiger partial charge in [-0.1, -0.05) is 42.1 Å². The van der Waals surface area contributed by atoms with Gasteiger partial charge in [-0.25, -0.2) is 4.98 Å². The van der Waals surface area contributed by atoms with Gasteiger partial charge in [0.1, 0.15) is 0 Å². The molecule has 0 aliphatic rings. The first-order valence-electron chi connectivity index (χ1n) is 7.86. The van der Waals surface area contributed by atoms with E-state index in [0.717, 1.165) is 17.2 Å². The summed E-state index contributed by atoms with van der Waals surface area (Å²) >= 11 is 3.32. The van der Waals surface area contributed by atoms with E-state index in [9.17, 15) is 0 Å². The summed E-state index contributed by atoms with van der Waals surface area (Å²) in [5, 5.41) is 11.1. The first-order chi connectivity index (χ1) is 11.7. The third-order valence-electron chi connectivity index (χ3n) is 3.20. The predicted molar refractivity (Wildman–Crippen MR) is 102 cm³/mol. The molecular formula is C19H19N3S2. The lowest BCUT2D eigenvalue weighted by Gasteiger charge is -2.03. The molecule has 0 fully saturated rings. The molecule has 3 rings (SSSR count). The molecule has 0 spiro atoms. The fourth-order valence-corrected chi connectivity index (χ4v) is 3.58. The van der Waals surface area contributed by atoms with Crippen molar-refractivity contribution in [2.24, 2.45) is 10.2 Å². The maximum atomic E-state index is 4.52. The molecule has 1 heterocycles. The SMILES string of the molecule is CC(C)N=Nc1nc(Cc2ccc(Sc3ccccc3)cc2)cs1. The molecule has 3 aromatic rings. The second kappa shape index (κ2) is 8.22. The Morgan fingerprint density at radius 1 is 1.00 bits per heavy atom. The molecule has 0 radical (unpaired) electrons. The molecule has 24 heavy (non-hydrogen) atoms. The van der Waals surface area contributed by atoms with Crippen LogP contribution in [-0.4, -0.2) is 11.0 Å². The highest BCUT2D eigenvalue weighted by atomic mass is 32.2. The Kier molecular flexibility index (Phi) is 5.77. The van der Waals surface area contributed by atoms with Crippen LogP contribution in [0.25, 0.3) is 0 Å². The second-order valence-corrected chi connectivity index (χ2v) is 7.65. The molecule has 0 saturated carbocycles. The largest absolute Gasteiger partial charge is 0.229 e. The molecule has 3 nitrogen and oxygen atoms in total. The van der Waals surface area contributed by atoms with Crippen LogP contribution in [0.3, 0.4) is 0 Å². The van der Waals surface area contributed by atoms with E-state index in [2.05, 4.69) is 69.1 Å². The standard InChI is InChI=1S/C19H19N3S2/c1-14(2)21-22-19-20-16(13-23-19)12-15-8-10-18(11-9-15)24-17-6-4-3-5-7-17/h3-11,13-14H,12H2,1-2H3. The van der Waals surface area contributed by atoms with Crippen LogP contribution in [0.5, 0.6) is 0 Å². The molecule has 5 heteroatoms. The van der Waals surface area contributed by atoms with Crippen molar-refractivity contribution in [2.45, 2.75) is 36.1 Å². The van der Waals surface area contributed by atoms with E-state index in [1.165, 1.54) is 15.4 Å². The lowest BCUT2D eigenvalue weighted by molar-refractivity contribution is 0.777. The van der Waals surface area contributed by atoms with Gasteiger partial charge in [0.05, 0.1) is 11.7 Å². The Balaban J connectivity index is 1.62. The quantitative estimate of drug-likeness (QED) is 0.482. The lowest BCUT2D eigenvalue weighted by Crippen LogP contribution is -1.88. The van der Waals surface area contributed by atoms with Gasteiger partial charge in [-0.3, -0.25) is 0 Å². The van der Waals surface area contributed by atoms with Crippen molar-refractivity contribution in [3.63, 3.8) is 0 Å². The normalized spacial score (nSPS) is 11.5. The lowest BCUT2D eigenvalue weighted by atomic mass is 10.1. The molecule has 0 amide bonds. The van der Waals surface area contributed by atoms with E-state index in [1.54, 1.807) is 23.1 Å². The number of nitrogens with zero attached hydrogens (tertiary/aromatic N) is 3. The highest BCUT2D eigenvalue weighted by Gasteiger charge is 2.04. The van der Waals surface area contributed by atoms with Crippen molar-refractivity contribution in [2.75, 3.05) is 0 Å². The maximum absolute atomic E-state index is 4.52. The van der Waals surface area contributed by atoms with Gasteiger partial charge in [0, 0.05) is 21.6 Å². The summed E-state index contributed by atoms with van der Waals surface area (Å²) in [6, 6.07) is 19.3. The molecule has 0 atom stereocenters. The maximum Gasteiger partial charge on any atom is 0.229 e. The van der Waals surface area contributed by atoms with Gasteiger partial charge in [0.15, 0.2) is 0 Å². The van der Waals surface area contributed by atoms with Crippen LogP contribution in [0.2, 0.25) is 0 Å². The first kappa shape index (κ1) is 16.9. The van der Waals surface area contributed by atoms with Crippen molar-refractivity contribution in [3.05, 3.63) is 71.2 Å². The van der Waals surface area contributed by atoms with Crippen molar-refractivity contribution >= 4 is 28.2 Å². The minimum Gasteiger partial charge on any atom is -0.222 e. The third kappa shape index (κ3) is 5.01. The van der Waals surface area contributed by atoms with Crippen LogP contribution >= 0.6 is 23.1 Å². The van der Waals surface area contributed by atoms with Crippen molar-refractivity contribution < 1.29 is 0 Å². The van der Waals surface area contributed by atoms with Gasteiger partial charge in [-0.15, -0.1) is 16.5 Å². The van der Waals surface area contributed by atoms with E-state index in [4.69, 9.17) is 0 Å². The van der Waals surface area contributed by atoms with Gasteiger partial charge >= 0.3 is 0 Å². The van der Waals surface area contributed by atoms with Crippen LogP contribution in [0.1, 0.15) is 25.1 Å². The minimum absolute atomic E-state index is 0.201. The second-order valence-electron chi connectivity index (χ2n) is 5.67. The Morgan fingerprint density at radius 3 is 2.42 bits per heavy atom. The van der Waals surface area contributed by atoms with E-state index < -0.39 is 0 Å². The van der Waals surface area contributed by atoms with Crippen molar-refractivity contribution in [1.29, 1.82) is 0 Å². The molecular weight excluding hydrogens is 334 g/mol. The molecule has 122 valence electrons. The molecule has 0 bridgehead atoms. The number of hydrogen-bond acceptors (Lipinski definition) is 5. The van der Waals surface area contributed by atoms with Gasteiger partial charge in [0.2, 0.25) is 5.13 Å². The summed E-state index contributed by atoms with van der Waals surface area (Å²) in [7, 11) is 0. The van der Waals surface area contributed by atoms with Crippen LogP contribution in [0, 0.1) is 0 Å². The van der Waals surface area contributed by atoms with Crippen LogP contribution in [0.4, 0.5) is 5.13 Å². The summed E-state index contributed by atoms with van der Waals surface area (Å²) < 4.78 is 0. The summed E-state index contributed by atoms with van der Waals surface area (Å²) in [6.45, 7) is 4.01. The highest BCUT2D eigenvalue weighted by molar-refractivity contribution is 7.99. The zero-order chi connectivity index (χ0) is 16.8. The van der Waals surface area contributed by atoms with Gasteiger partial charge in [0.25, 0.3) is 0 Å². The third-order valence-corrected chi connectivity index (χ3v) is 4.99. The predicted octanol–water partition coefficient (Wildman–Crippen LogP) is 6.38. The number of aromatic nitrogens is 1. The fourth-order valence-electron chi connectivity index (χ4n) is 2.10. The molecule has 0 aliphatic heterocycles. The van der Waals surface area contributed by atoms with E-state index in [1.807, 2.05) is 19.9 Å².